The van der Waals surface area contributed by atoms with Gasteiger partial charge in [0.2, 0.25) is 0 Å². The quantitative estimate of drug-likeness (QED) is 0.286. The SMILES string of the molecule is COC(=O)c1cccc(NC2CCN(S(=O)(=O)c3ccc(OCNC(=O)c4cccc(OC)c4)s3)CC2)c1. The molecule has 0 atom stereocenters. The van der Waals surface area contributed by atoms with Crippen molar-refractivity contribution < 1.29 is 32.2 Å². The molecular formula is C26H29N3O7S2. The Bertz CT molecular complexity index is 1380. The van der Waals surface area contributed by atoms with Crippen LogP contribution < -0.4 is 20.1 Å². The summed E-state index contributed by atoms with van der Waals surface area (Å²) >= 11 is 1.01. The Labute approximate surface area is 225 Å². The predicted octanol–water partition coefficient (Wildman–Crippen LogP) is 3.57. The summed E-state index contributed by atoms with van der Waals surface area (Å²) in [5.74, 6) is -0.172. The fourth-order valence-corrected chi connectivity index (χ4v) is 6.77. The largest absolute Gasteiger partial charge is 0.497 e. The number of hydrogen-bond acceptors (Lipinski definition) is 9. The highest BCUT2D eigenvalue weighted by molar-refractivity contribution is 7.91. The Morgan fingerprint density at radius 1 is 1.00 bits per heavy atom. The number of ether oxygens (including phenoxy) is 3. The molecular weight excluding hydrogens is 530 g/mol. The lowest BCUT2D eigenvalue weighted by atomic mass is 10.1. The maximum atomic E-state index is 13.2. The van der Waals surface area contributed by atoms with E-state index >= 15 is 0 Å². The summed E-state index contributed by atoms with van der Waals surface area (Å²) in [6, 6.07) is 16.9. The van der Waals surface area contributed by atoms with E-state index in [4.69, 9.17) is 14.2 Å². The maximum absolute atomic E-state index is 13.2. The number of sulfonamides is 1. The number of nitrogens with zero attached hydrogens (tertiary/aromatic N) is 1. The highest BCUT2D eigenvalue weighted by Gasteiger charge is 2.30. The Morgan fingerprint density at radius 3 is 2.47 bits per heavy atom. The van der Waals surface area contributed by atoms with Gasteiger partial charge in [0.05, 0.1) is 19.8 Å². The van der Waals surface area contributed by atoms with Crippen molar-refractivity contribution in [1.29, 1.82) is 0 Å². The summed E-state index contributed by atoms with van der Waals surface area (Å²) in [5, 5.41) is 6.41. The zero-order valence-electron chi connectivity index (χ0n) is 21.0. The number of methoxy groups -OCH3 is 2. The average molecular weight is 560 g/mol. The van der Waals surface area contributed by atoms with Gasteiger partial charge in [-0.25, -0.2) is 13.2 Å². The van der Waals surface area contributed by atoms with Crippen molar-refractivity contribution in [2.75, 3.05) is 39.4 Å². The van der Waals surface area contributed by atoms with Crippen LogP contribution in [0.15, 0.2) is 64.9 Å². The van der Waals surface area contributed by atoms with Crippen molar-refractivity contribution in [2.24, 2.45) is 0 Å². The van der Waals surface area contributed by atoms with Crippen LogP contribution in [-0.4, -0.2) is 64.7 Å². The number of nitrogens with one attached hydrogen (secondary N) is 2. The average Bonchev–Trinajstić information content (AvgIpc) is 3.43. The fourth-order valence-electron chi connectivity index (χ4n) is 4.02. The topological polar surface area (TPSA) is 123 Å². The van der Waals surface area contributed by atoms with Crippen LogP contribution in [-0.2, 0) is 14.8 Å². The van der Waals surface area contributed by atoms with E-state index in [2.05, 4.69) is 10.6 Å². The first-order valence-electron chi connectivity index (χ1n) is 11.9. The molecule has 10 nitrogen and oxygen atoms in total. The third-order valence-corrected chi connectivity index (χ3v) is 9.40. The second kappa shape index (κ2) is 12.3. The van der Waals surface area contributed by atoms with E-state index in [0.717, 1.165) is 17.0 Å². The van der Waals surface area contributed by atoms with Gasteiger partial charge in [0.15, 0.2) is 11.8 Å². The molecule has 2 aromatic carbocycles. The van der Waals surface area contributed by atoms with Crippen molar-refractivity contribution in [1.82, 2.24) is 9.62 Å². The van der Waals surface area contributed by atoms with Gasteiger partial charge in [-0.3, -0.25) is 4.79 Å². The van der Waals surface area contributed by atoms with Crippen LogP contribution in [0.5, 0.6) is 10.8 Å². The molecule has 2 N–H and O–H groups in total. The second-order valence-corrected chi connectivity index (χ2v) is 11.7. The Hall–Kier alpha value is -3.61. The number of anilines is 1. The minimum atomic E-state index is -3.67. The van der Waals surface area contributed by atoms with E-state index in [9.17, 15) is 18.0 Å². The highest BCUT2D eigenvalue weighted by atomic mass is 32.2. The smallest absolute Gasteiger partial charge is 0.337 e. The van der Waals surface area contributed by atoms with Crippen LogP contribution in [0.2, 0.25) is 0 Å². The zero-order chi connectivity index (χ0) is 27.1. The molecule has 202 valence electrons. The number of piperidine rings is 1. The first kappa shape index (κ1) is 27.4. The molecule has 38 heavy (non-hydrogen) atoms. The third kappa shape index (κ3) is 6.63. The lowest BCUT2D eigenvalue weighted by molar-refractivity contribution is 0.0600. The van der Waals surface area contributed by atoms with Crippen LogP contribution in [0.1, 0.15) is 33.6 Å². The summed E-state index contributed by atoms with van der Waals surface area (Å²) in [4.78, 5) is 24.1. The van der Waals surface area contributed by atoms with Crippen LogP contribution in [0, 0.1) is 0 Å². The van der Waals surface area contributed by atoms with E-state index in [1.807, 2.05) is 6.07 Å². The standard InChI is InChI=1S/C26H29N3O7S2/c1-34-22-8-4-5-18(16-22)25(30)27-17-36-23-9-10-24(37-23)38(32,33)29-13-11-20(12-14-29)28-21-7-3-6-19(15-21)26(31)35-2/h3-10,15-16,20,28H,11-14,17H2,1-2H3,(H,27,30). The van der Waals surface area contributed by atoms with E-state index in [1.165, 1.54) is 24.6 Å². The van der Waals surface area contributed by atoms with E-state index in [1.54, 1.807) is 48.5 Å². The van der Waals surface area contributed by atoms with Gasteiger partial charge in [0, 0.05) is 30.4 Å². The summed E-state index contributed by atoms with van der Waals surface area (Å²) in [7, 11) is -0.810. The van der Waals surface area contributed by atoms with Crippen molar-refractivity contribution in [2.45, 2.75) is 23.1 Å². The van der Waals surface area contributed by atoms with Crippen molar-refractivity contribution in [3.63, 3.8) is 0 Å². The number of hydrogen-bond donors (Lipinski definition) is 2. The zero-order valence-corrected chi connectivity index (χ0v) is 22.6. The number of rotatable bonds is 10. The Balaban J connectivity index is 1.27. The summed E-state index contributed by atoms with van der Waals surface area (Å²) < 4.78 is 43.5. The van der Waals surface area contributed by atoms with Gasteiger partial charge in [-0.1, -0.05) is 23.5 Å². The number of carbonyl (C=O) groups is 2. The predicted molar refractivity (Wildman–Crippen MR) is 143 cm³/mol. The Morgan fingerprint density at radius 2 is 1.74 bits per heavy atom. The fraction of sp³-hybridized carbons (Fsp3) is 0.308. The van der Waals surface area contributed by atoms with Gasteiger partial charge >= 0.3 is 5.97 Å². The lowest BCUT2D eigenvalue weighted by Gasteiger charge is -2.31. The molecule has 0 spiro atoms. The summed E-state index contributed by atoms with van der Waals surface area (Å²) in [6.45, 7) is 0.618. The monoisotopic (exact) mass is 559 g/mol. The normalized spacial score (nSPS) is 14.5. The minimum absolute atomic E-state index is 0.0739. The molecule has 1 aliphatic rings. The third-order valence-electron chi connectivity index (χ3n) is 6.04. The maximum Gasteiger partial charge on any atom is 0.337 e. The molecule has 0 saturated carbocycles. The second-order valence-electron chi connectivity index (χ2n) is 8.50. The molecule has 0 radical (unpaired) electrons. The van der Waals surface area contributed by atoms with Gasteiger partial charge in [-0.15, -0.1) is 0 Å². The van der Waals surface area contributed by atoms with E-state index < -0.39 is 16.0 Å². The first-order chi connectivity index (χ1) is 18.3. The first-order valence-corrected chi connectivity index (χ1v) is 14.2. The molecule has 0 unspecified atom stereocenters. The number of carbonyl (C=O) groups excluding carboxylic acids is 2. The number of thiophene rings is 1. The number of amides is 1. The van der Waals surface area contributed by atoms with Crippen molar-refractivity contribution in [3.8, 4) is 10.8 Å². The van der Waals surface area contributed by atoms with Gasteiger partial charge < -0.3 is 24.8 Å². The summed E-state index contributed by atoms with van der Waals surface area (Å²) in [6.07, 6.45) is 1.24. The Kier molecular flexibility index (Phi) is 8.87. The molecule has 0 bridgehead atoms. The molecule has 1 fully saturated rings. The van der Waals surface area contributed by atoms with Gasteiger partial charge in [-0.2, -0.15) is 4.31 Å². The van der Waals surface area contributed by atoms with Gasteiger partial charge in [0.1, 0.15) is 9.96 Å². The molecule has 4 rings (SSSR count). The van der Waals surface area contributed by atoms with Crippen molar-refractivity contribution in [3.05, 3.63) is 71.8 Å². The molecule has 2 heterocycles. The molecule has 1 amide bonds. The van der Waals surface area contributed by atoms with Gasteiger partial charge in [0.25, 0.3) is 15.9 Å². The molecule has 12 heteroatoms. The van der Waals surface area contributed by atoms with Crippen molar-refractivity contribution >= 4 is 38.9 Å². The van der Waals surface area contributed by atoms with Gasteiger partial charge in [-0.05, 0) is 61.4 Å². The van der Waals surface area contributed by atoms with Crippen LogP contribution >= 0.6 is 11.3 Å². The lowest BCUT2D eigenvalue weighted by Crippen LogP contribution is -2.42. The molecule has 3 aromatic rings. The van der Waals surface area contributed by atoms with E-state index in [-0.39, 0.29) is 22.9 Å². The van der Waals surface area contributed by atoms with E-state index in [0.29, 0.717) is 47.9 Å². The minimum Gasteiger partial charge on any atom is -0.497 e. The van der Waals surface area contributed by atoms with Crippen LogP contribution in [0.25, 0.3) is 0 Å². The van der Waals surface area contributed by atoms with Crippen LogP contribution in [0.3, 0.4) is 0 Å². The van der Waals surface area contributed by atoms with Crippen LogP contribution in [0.4, 0.5) is 5.69 Å². The number of benzene rings is 2. The molecule has 0 aliphatic carbocycles. The molecule has 1 saturated heterocycles. The molecule has 1 aromatic heterocycles. The summed E-state index contributed by atoms with van der Waals surface area (Å²) in [5.41, 5.74) is 1.66. The number of esters is 1. The highest BCUT2D eigenvalue weighted by Crippen LogP contribution is 2.32. The molecule has 1 aliphatic heterocycles.